The van der Waals surface area contributed by atoms with E-state index in [1.807, 2.05) is 0 Å². The van der Waals surface area contributed by atoms with Gasteiger partial charge >= 0.3 is 6.09 Å². The zero-order valence-electron chi connectivity index (χ0n) is 9.08. The molecule has 1 atom stereocenters. The van der Waals surface area contributed by atoms with Gasteiger partial charge in [-0.25, -0.2) is 9.18 Å². The Hall–Kier alpha value is -1.79. The quantitative estimate of drug-likeness (QED) is 0.488. The van der Waals surface area contributed by atoms with Crippen molar-refractivity contribution in [2.45, 2.75) is 6.04 Å². The molecular weight excluding hydrogens is 307 g/mol. The third-order valence-electron chi connectivity index (χ3n) is 2.50. The molecule has 1 amide bonds. The van der Waals surface area contributed by atoms with Gasteiger partial charge in [0.05, 0.1) is 22.7 Å². The van der Waals surface area contributed by atoms with E-state index in [-0.39, 0.29) is 13.2 Å². The van der Waals surface area contributed by atoms with Crippen molar-refractivity contribution in [3.63, 3.8) is 0 Å². The molecule has 18 heavy (non-hydrogen) atoms. The highest BCUT2D eigenvalue weighted by molar-refractivity contribution is 9.10. The Morgan fingerprint density at radius 2 is 2.44 bits per heavy atom. The van der Waals surface area contributed by atoms with Crippen LogP contribution in [0.1, 0.15) is 0 Å². The van der Waals surface area contributed by atoms with Crippen LogP contribution in [-0.4, -0.2) is 25.3 Å². The number of anilines is 1. The first-order chi connectivity index (χ1) is 8.63. The topological polar surface area (TPSA) is 78.3 Å². The van der Waals surface area contributed by atoms with Crippen LogP contribution < -0.4 is 4.90 Å². The van der Waals surface area contributed by atoms with E-state index in [2.05, 4.69) is 26.0 Å². The van der Waals surface area contributed by atoms with Gasteiger partial charge in [-0.1, -0.05) is 5.11 Å². The van der Waals surface area contributed by atoms with Gasteiger partial charge in [0.2, 0.25) is 0 Å². The Morgan fingerprint density at radius 1 is 1.67 bits per heavy atom. The summed E-state index contributed by atoms with van der Waals surface area (Å²) in [7, 11) is 0. The van der Waals surface area contributed by atoms with Crippen molar-refractivity contribution in [1.82, 2.24) is 0 Å². The molecule has 0 saturated carbocycles. The van der Waals surface area contributed by atoms with Gasteiger partial charge in [-0.15, -0.1) is 0 Å². The number of rotatable bonds is 3. The van der Waals surface area contributed by atoms with E-state index in [4.69, 9.17) is 10.3 Å². The molecule has 0 bridgehead atoms. The van der Waals surface area contributed by atoms with E-state index in [1.165, 1.54) is 17.0 Å². The lowest BCUT2D eigenvalue weighted by Crippen LogP contribution is -2.35. The lowest BCUT2D eigenvalue weighted by Gasteiger charge is -2.20. The first-order valence-corrected chi connectivity index (χ1v) is 5.84. The fraction of sp³-hybridized carbons (Fsp3) is 0.300. The highest BCUT2D eigenvalue weighted by Crippen LogP contribution is 2.27. The minimum Gasteiger partial charge on any atom is -0.447 e. The summed E-state index contributed by atoms with van der Waals surface area (Å²) < 4.78 is 18.6. The highest BCUT2D eigenvalue weighted by Gasteiger charge is 2.33. The van der Waals surface area contributed by atoms with Crippen molar-refractivity contribution in [3.05, 3.63) is 38.9 Å². The van der Waals surface area contributed by atoms with E-state index < -0.39 is 18.0 Å². The number of azide groups is 1. The van der Waals surface area contributed by atoms with Crippen molar-refractivity contribution in [2.24, 2.45) is 5.11 Å². The van der Waals surface area contributed by atoms with Crippen molar-refractivity contribution in [1.29, 1.82) is 0 Å². The molecule has 0 unspecified atom stereocenters. The molecule has 94 valence electrons. The molecule has 1 aliphatic rings. The Morgan fingerprint density at radius 3 is 3.11 bits per heavy atom. The molecule has 1 saturated heterocycles. The summed E-state index contributed by atoms with van der Waals surface area (Å²) in [6, 6.07) is 3.90. The second kappa shape index (κ2) is 5.24. The summed E-state index contributed by atoms with van der Waals surface area (Å²) in [5.74, 6) is -0.477. The standard InChI is InChI=1S/C10H8BrFN4O2/c11-8-2-1-6(3-9(8)12)16-7(4-14-15-13)5-18-10(16)17/h1-3,7H,4-5H2/t7-/m1/s1. The number of carbonyl (C=O) groups excluding carboxylic acids is 1. The maximum atomic E-state index is 13.4. The molecule has 1 fully saturated rings. The SMILES string of the molecule is [N-]=[N+]=NC[C@@H]1COC(=O)N1c1ccc(Br)c(F)c1. The average Bonchev–Trinajstić information content (AvgIpc) is 2.71. The molecule has 0 N–H and O–H groups in total. The third-order valence-corrected chi connectivity index (χ3v) is 3.14. The number of carbonyl (C=O) groups is 1. The third kappa shape index (κ3) is 2.39. The van der Waals surface area contributed by atoms with Gasteiger partial charge in [0, 0.05) is 4.91 Å². The van der Waals surface area contributed by atoms with Crippen LogP contribution in [0.25, 0.3) is 10.4 Å². The zero-order chi connectivity index (χ0) is 13.1. The summed E-state index contributed by atoms with van der Waals surface area (Å²) in [6.45, 7) is 0.204. The van der Waals surface area contributed by atoms with Crippen molar-refractivity contribution in [3.8, 4) is 0 Å². The van der Waals surface area contributed by atoms with Crippen molar-refractivity contribution in [2.75, 3.05) is 18.1 Å². The average molecular weight is 315 g/mol. The molecule has 1 heterocycles. The number of benzene rings is 1. The summed E-state index contributed by atoms with van der Waals surface area (Å²) >= 11 is 3.03. The first kappa shape index (κ1) is 12.7. The second-order valence-corrected chi connectivity index (χ2v) is 4.47. The number of hydrogen-bond acceptors (Lipinski definition) is 3. The Bertz CT molecular complexity index is 533. The van der Waals surface area contributed by atoms with E-state index in [0.717, 1.165) is 0 Å². The van der Waals surface area contributed by atoms with Gasteiger partial charge in [-0.3, -0.25) is 4.90 Å². The van der Waals surface area contributed by atoms with E-state index in [1.54, 1.807) is 6.07 Å². The lowest BCUT2D eigenvalue weighted by molar-refractivity contribution is 0.179. The molecule has 2 rings (SSSR count). The number of amides is 1. The molecule has 0 spiro atoms. The molecule has 8 heteroatoms. The number of nitrogens with zero attached hydrogens (tertiary/aromatic N) is 4. The van der Waals surface area contributed by atoms with Crippen LogP contribution in [0.15, 0.2) is 27.8 Å². The van der Waals surface area contributed by atoms with Crippen LogP contribution in [0.2, 0.25) is 0 Å². The van der Waals surface area contributed by atoms with E-state index in [0.29, 0.717) is 10.2 Å². The summed E-state index contributed by atoms with van der Waals surface area (Å²) in [5.41, 5.74) is 8.65. The van der Waals surface area contributed by atoms with Crippen LogP contribution in [0.3, 0.4) is 0 Å². The molecule has 1 aliphatic heterocycles. The first-order valence-electron chi connectivity index (χ1n) is 5.05. The zero-order valence-corrected chi connectivity index (χ0v) is 10.7. The van der Waals surface area contributed by atoms with E-state index >= 15 is 0 Å². The van der Waals surface area contributed by atoms with Crippen LogP contribution in [-0.2, 0) is 4.74 Å². The Kier molecular flexibility index (Phi) is 3.69. The predicted octanol–water partition coefficient (Wildman–Crippen LogP) is 3.22. The van der Waals surface area contributed by atoms with Crippen LogP contribution in [0.4, 0.5) is 14.9 Å². The fourth-order valence-electron chi connectivity index (χ4n) is 1.68. The molecule has 1 aromatic rings. The van der Waals surface area contributed by atoms with Gasteiger partial charge in [0.25, 0.3) is 0 Å². The molecule has 6 nitrogen and oxygen atoms in total. The maximum Gasteiger partial charge on any atom is 0.414 e. The van der Waals surface area contributed by atoms with Gasteiger partial charge < -0.3 is 4.74 Å². The van der Waals surface area contributed by atoms with Crippen molar-refractivity contribution < 1.29 is 13.9 Å². The monoisotopic (exact) mass is 314 g/mol. The van der Waals surface area contributed by atoms with Crippen molar-refractivity contribution >= 4 is 27.7 Å². The minimum absolute atomic E-state index is 0.0833. The number of hydrogen-bond donors (Lipinski definition) is 0. The minimum atomic E-state index is -0.574. The Balaban J connectivity index is 2.30. The normalized spacial score (nSPS) is 18.4. The highest BCUT2D eigenvalue weighted by atomic mass is 79.9. The van der Waals surface area contributed by atoms with Crippen LogP contribution >= 0.6 is 15.9 Å². The maximum absolute atomic E-state index is 13.4. The summed E-state index contributed by atoms with van der Waals surface area (Å²) in [6.07, 6.45) is -0.574. The molecular formula is C10H8BrFN4O2. The van der Waals surface area contributed by atoms with E-state index in [9.17, 15) is 9.18 Å². The summed E-state index contributed by atoms with van der Waals surface area (Å²) in [5, 5.41) is 3.41. The number of halogens is 2. The fourth-order valence-corrected chi connectivity index (χ4v) is 1.92. The largest absolute Gasteiger partial charge is 0.447 e. The Labute approximate surface area is 110 Å². The summed E-state index contributed by atoms with van der Waals surface area (Å²) in [4.78, 5) is 15.5. The molecule has 0 aromatic heterocycles. The second-order valence-electron chi connectivity index (χ2n) is 3.61. The lowest BCUT2D eigenvalue weighted by atomic mass is 10.2. The van der Waals surface area contributed by atoms with Gasteiger partial charge in [-0.2, -0.15) is 0 Å². The predicted molar refractivity (Wildman–Crippen MR) is 65.7 cm³/mol. The molecule has 0 aliphatic carbocycles. The number of ether oxygens (including phenoxy) is 1. The van der Waals surface area contributed by atoms with Gasteiger partial charge in [0.15, 0.2) is 0 Å². The van der Waals surface area contributed by atoms with Gasteiger partial charge in [-0.05, 0) is 39.7 Å². The molecule has 1 aromatic carbocycles. The smallest absolute Gasteiger partial charge is 0.414 e. The molecule has 0 radical (unpaired) electrons. The van der Waals surface area contributed by atoms with Gasteiger partial charge in [0.1, 0.15) is 12.4 Å². The number of cyclic esters (lactones) is 1. The van der Waals surface area contributed by atoms with Crippen LogP contribution in [0, 0.1) is 5.82 Å². The van der Waals surface area contributed by atoms with Crippen LogP contribution in [0.5, 0.6) is 0 Å².